The smallest absolute Gasteiger partial charge is 0.164 e. The molecule has 10 rings (SSSR count). The molecule has 2 aliphatic rings. The number of likely N-dealkylation sites (N-methyl/N-ethyl adjacent to an activating group) is 1. The third-order valence-corrected chi connectivity index (χ3v) is 10.8. The maximum atomic E-state index is 6.26. The number of benzene rings is 4. The van der Waals surface area contributed by atoms with E-state index in [0.29, 0.717) is 11.6 Å². The molecule has 6 heterocycles. The van der Waals surface area contributed by atoms with Gasteiger partial charge in [0.15, 0.2) is 11.3 Å². The fraction of sp³-hybridized carbons (Fsp3) is 0.244. The maximum absolute atomic E-state index is 6.26. The normalized spacial score (nSPS) is 17.0. The molecule has 59 heavy (non-hydrogen) atoms. The maximum Gasteiger partial charge on any atom is 0.164 e. The first-order valence-corrected chi connectivity index (χ1v) is 20.0. The van der Waals surface area contributed by atoms with E-state index in [-0.39, 0.29) is 12.1 Å². The predicted octanol–water partition coefficient (Wildman–Crippen LogP) is 7.93. The van der Waals surface area contributed by atoms with Gasteiger partial charge in [0, 0.05) is 24.2 Å². The van der Waals surface area contributed by atoms with Crippen molar-refractivity contribution in [1.82, 2.24) is 49.7 Å². The van der Waals surface area contributed by atoms with Crippen LogP contribution in [0.25, 0.3) is 44.6 Å². The third kappa shape index (κ3) is 8.13. The minimum absolute atomic E-state index is 0.259. The number of rotatable bonds is 8. The molecule has 2 atom stereocenters. The van der Waals surface area contributed by atoms with Crippen LogP contribution < -0.4 is 26.3 Å². The van der Waals surface area contributed by atoms with Gasteiger partial charge in [-0.25, -0.2) is 29.3 Å². The molecular weight excluding hydrogens is 741 g/mol. The predicted molar refractivity (Wildman–Crippen MR) is 230 cm³/mol. The van der Waals surface area contributed by atoms with Crippen LogP contribution in [0.1, 0.15) is 37.8 Å². The molecule has 8 aromatic rings. The largest absolute Gasteiger partial charge is 0.457 e. The summed E-state index contributed by atoms with van der Waals surface area (Å²) in [5.74, 6) is 4.05. The molecular formula is C45H46N12O2. The van der Waals surface area contributed by atoms with Gasteiger partial charge in [-0.3, -0.25) is 0 Å². The summed E-state index contributed by atoms with van der Waals surface area (Å²) in [5, 5.41) is 14.9. The zero-order chi connectivity index (χ0) is 40.1. The van der Waals surface area contributed by atoms with Crippen molar-refractivity contribution in [3.05, 3.63) is 122 Å². The van der Waals surface area contributed by atoms with Gasteiger partial charge in [-0.1, -0.05) is 36.4 Å². The molecule has 2 aliphatic heterocycles. The molecule has 0 radical (unpaired) electrons. The highest BCUT2D eigenvalue weighted by Gasteiger charge is 2.26. The van der Waals surface area contributed by atoms with E-state index < -0.39 is 0 Å². The van der Waals surface area contributed by atoms with Crippen molar-refractivity contribution in [3.8, 4) is 45.5 Å². The summed E-state index contributed by atoms with van der Waals surface area (Å²) < 4.78 is 15.8. The lowest BCUT2D eigenvalue weighted by Crippen LogP contribution is -2.34. The third-order valence-electron chi connectivity index (χ3n) is 10.8. The fourth-order valence-corrected chi connectivity index (χ4v) is 7.90. The molecule has 2 saturated heterocycles. The standard InChI is InChI=1S/C23H24N6O.C22H22N6O/c1-28-13-5-6-17(14-28)29-23-20(22(24)25-15-26-23)21(27-29)16-9-11-19(12-10-16)30-18-7-3-2-4-8-18;23-21-19-20(15-8-10-18(11-9-15)29-17-6-2-1-3-7-17)27-28(22(19)26-14-25-21)16-5-4-12-24-13-16/h2-4,7-12,15,17H,5-6,13-14H2,1H3,(H2,24,25,26);1-3,6-11,14,16,24H,4-5,12-13H2,(H2,23,25,26)/t17-;16-/m11/s1. The minimum Gasteiger partial charge on any atom is -0.457 e. The van der Waals surface area contributed by atoms with Crippen molar-refractivity contribution in [3.63, 3.8) is 0 Å². The average Bonchev–Trinajstić information content (AvgIpc) is 3.87. The van der Waals surface area contributed by atoms with E-state index in [9.17, 15) is 0 Å². The van der Waals surface area contributed by atoms with Crippen LogP contribution >= 0.6 is 0 Å². The van der Waals surface area contributed by atoms with Crippen molar-refractivity contribution >= 4 is 33.7 Å². The summed E-state index contributed by atoms with van der Waals surface area (Å²) >= 11 is 0. The molecule has 0 saturated carbocycles. The number of nitrogens with one attached hydrogen (secondary N) is 1. The summed E-state index contributed by atoms with van der Waals surface area (Å²) in [4.78, 5) is 19.8. The average molecular weight is 787 g/mol. The Morgan fingerprint density at radius 2 is 1.05 bits per heavy atom. The van der Waals surface area contributed by atoms with Gasteiger partial charge in [-0.05, 0) is 119 Å². The van der Waals surface area contributed by atoms with Crippen LogP contribution in [0.4, 0.5) is 11.6 Å². The van der Waals surface area contributed by atoms with Gasteiger partial charge >= 0.3 is 0 Å². The Morgan fingerprint density at radius 1 is 0.576 bits per heavy atom. The Hall–Kier alpha value is -6.90. The van der Waals surface area contributed by atoms with Crippen molar-refractivity contribution in [2.75, 3.05) is 44.7 Å². The topological polar surface area (TPSA) is 173 Å². The minimum atomic E-state index is 0.259. The summed E-state index contributed by atoms with van der Waals surface area (Å²) in [6.45, 7) is 3.99. The first kappa shape index (κ1) is 37.7. The van der Waals surface area contributed by atoms with E-state index in [1.165, 1.54) is 12.7 Å². The zero-order valence-corrected chi connectivity index (χ0v) is 32.9. The van der Waals surface area contributed by atoms with Crippen LogP contribution in [-0.2, 0) is 0 Å². The Labute approximate surface area is 341 Å². The Bertz CT molecular complexity index is 2640. The number of piperidine rings is 2. The molecule has 5 N–H and O–H groups in total. The Kier molecular flexibility index (Phi) is 10.8. The second kappa shape index (κ2) is 16.9. The lowest BCUT2D eigenvalue weighted by molar-refractivity contribution is 0.205. The van der Waals surface area contributed by atoms with Crippen LogP contribution in [0.3, 0.4) is 0 Å². The van der Waals surface area contributed by atoms with Crippen molar-refractivity contribution in [2.24, 2.45) is 0 Å². The molecule has 0 spiro atoms. The number of nitrogens with zero attached hydrogens (tertiary/aromatic N) is 9. The van der Waals surface area contributed by atoms with Crippen LogP contribution in [0, 0.1) is 0 Å². The van der Waals surface area contributed by atoms with Crippen LogP contribution in [0.15, 0.2) is 122 Å². The monoisotopic (exact) mass is 786 g/mol. The van der Waals surface area contributed by atoms with Gasteiger partial charge in [-0.2, -0.15) is 10.2 Å². The number of anilines is 2. The fourth-order valence-electron chi connectivity index (χ4n) is 7.90. The molecule has 0 bridgehead atoms. The Morgan fingerprint density at radius 3 is 1.53 bits per heavy atom. The number of nitrogen functional groups attached to an aromatic ring is 2. The molecule has 0 amide bonds. The first-order valence-electron chi connectivity index (χ1n) is 20.0. The molecule has 2 fully saturated rings. The lowest BCUT2D eigenvalue weighted by Gasteiger charge is -2.29. The molecule has 14 nitrogen and oxygen atoms in total. The number of hydrogen-bond donors (Lipinski definition) is 3. The van der Waals surface area contributed by atoms with Gasteiger partial charge in [0.2, 0.25) is 0 Å². The summed E-state index contributed by atoms with van der Waals surface area (Å²) in [6.07, 6.45) is 7.43. The summed E-state index contributed by atoms with van der Waals surface area (Å²) in [5.41, 5.74) is 17.6. The van der Waals surface area contributed by atoms with Gasteiger partial charge in [0.05, 0.1) is 22.9 Å². The Balaban J connectivity index is 0.000000152. The SMILES string of the molecule is CN1CCC[C@@H](n2nc(-c3ccc(Oc4ccccc4)cc3)c3c(N)ncnc32)C1.Nc1ncnc2c1c(-c1ccc(Oc3ccccc3)cc1)nn2[C@@H]1CCCNC1. The number of nitrogens with two attached hydrogens (primary N) is 2. The van der Waals surface area contributed by atoms with Crippen molar-refractivity contribution in [2.45, 2.75) is 37.8 Å². The second-order valence-electron chi connectivity index (χ2n) is 14.9. The van der Waals surface area contributed by atoms with Crippen molar-refractivity contribution in [1.29, 1.82) is 0 Å². The number of aromatic nitrogens is 8. The van der Waals surface area contributed by atoms with E-state index in [1.54, 1.807) is 0 Å². The van der Waals surface area contributed by atoms with E-state index in [0.717, 1.165) is 119 Å². The van der Waals surface area contributed by atoms with Crippen LogP contribution in [-0.4, -0.2) is 77.6 Å². The second-order valence-corrected chi connectivity index (χ2v) is 14.9. The number of para-hydroxylation sites is 2. The van der Waals surface area contributed by atoms with E-state index in [4.69, 9.17) is 31.1 Å². The number of ether oxygens (including phenoxy) is 2. The first-order chi connectivity index (χ1) is 29.0. The highest BCUT2D eigenvalue weighted by molar-refractivity contribution is 5.99. The van der Waals surface area contributed by atoms with Crippen LogP contribution in [0.5, 0.6) is 23.0 Å². The molecule has 298 valence electrons. The van der Waals surface area contributed by atoms with Gasteiger partial charge in [0.1, 0.15) is 58.7 Å². The molecule has 0 unspecified atom stereocenters. The quantitative estimate of drug-likeness (QED) is 0.136. The summed E-state index contributed by atoms with van der Waals surface area (Å²) in [7, 11) is 2.15. The highest BCUT2D eigenvalue weighted by Crippen LogP contribution is 2.36. The number of fused-ring (bicyclic) bond motifs is 2. The van der Waals surface area contributed by atoms with Gasteiger partial charge < -0.3 is 31.2 Å². The van der Waals surface area contributed by atoms with Crippen LogP contribution in [0.2, 0.25) is 0 Å². The molecule has 14 heteroatoms. The van der Waals surface area contributed by atoms with Crippen molar-refractivity contribution < 1.29 is 9.47 Å². The highest BCUT2D eigenvalue weighted by atomic mass is 16.5. The molecule has 0 aliphatic carbocycles. The van der Waals surface area contributed by atoms with Gasteiger partial charge in [0.25, 0.3) is 0 Å². The van der Waals surface area contributed by atoms with Gasteiger partial charge in [-0.15, -0.1) is 0 Å². The van der Waals surface area contributed by atoms with E-state index in [1.807, 2.05) is 119 Å². The van der Waals surface area contributed by atoms with E-state index >= 15 is 0 Å². The zero-order valence-electron chi connectivity index (χ0n) is 32.9. The summed E-state index contributed by atoms with van der Waals surface area (Å²) in [6, 6.07) is 35.8. The lowest BCUT2D eigenvalue weighted by atomic mass is 10.1. The molecule has 4 aromatic heterocycles. The van der Waals surface area contributed by atoms with E-state index in [2.05, 4.69) is 37.2 Å². The number of likely N-dealkylation sites (tertiary alicyclic amines) is 1. The number of hydrogen-bond acceptors (Lipinski definition) is 12. The molecule has 4 aromatic carbocycles.